The maximum atomic E-state index is 13.5. The fraction of sp³-hybridized carbons (Fsp3) is 0.385. The van der Waals surface area contributed by atoms with E-state index < -0.39 is 0 Å². The van der Waals surface area contributed by atoms with Crippen molar-refractivity contribution in [3.63, 3.8) is 0 Å². The first kappa shape index (κ1) is 12.7. The van der Waals surface area contributed by atoms with Crippen LogP contribution in [-0.4, -0.2) is 23.3 Å². The molecule has 2 rings (SSSR count). The van der Waals surface area contributed by atoms with Crippen LogP contribution < -0.4 is 5.32 Å². The second-order valence-electron chi connectivity index (χ2n) is 3.98. The van der Waals surface area contributed by atoms with Gasteiger partial charge in [0.25, 0.3) is 5.89 Å². The molecule has 2 aromatic rings. The second-order valence-corrected chi connectivity index (χ2v) is 3.98. The SMILES string of the molecule is CCCNCCc1nnc(-c2ccccc2F)o1. The maximum absolute atomic E-state index is 13.5. The summed E-state index contributed by atoms with van der Waals surface area (Å²) in [6.45, 7) is 3.86. The molecule has 0 fully saturated rings. The third-order valence-electron chi connectivity index (χ3n) is 2.51. The van der Waals surface area contributed by atoms with Crippen LogP contribution in [0.4, 0.5) is 4.39 Å². The Balaban J connectivity index is 2.00. The van der Waals surface area contributed by atoms with E-state index in [0.29, 0.717) is 17.9 Å². The first-order chi connectivity index (χ1) is 8.81. The van der Waals surface area contributed by atoms with Crippen LogP contribution in [0.5, 0.6) is 0 Å². The van der Waals surface area contributed by atoms with Gasteiger partial charge in [-0.25, -0.2) is 4.39 Å². The summed E-state index contributed by atoms with van der Waals surface area (Å²) in [5.41, 5.74) is 0.345. The van der Waals surface area contributed by atoms with E-state index in [-0.39, 0.29) is 11.7 Å². The van der Waals surface area contributed by atoms with Gasteiger partial charge < -0.3 is 9.73 Å². The highest BCUT2D eigenvalue weighted by Crippen LogP contribution is 2.20. The van der Waals surface area contributed by atoms with Crippen molar-refractivity contribution in [3.8, 4) is 11.5 Å². The molecule has 0 atom stereocenters. The van der Waals surface area contributed by atoms with Gasteiger partial charge in [-0.15, -0.1) is 10.2 Å². The minimum Gasteiger partial charge on any atom is -0.421 e. The molecule has 0 saturated heterocycles. The van der Waals surface area contributed by atoms with E-state index in [4.69, 9.17) is 4.42 Å². The third kappa shape index (κ3) is 3.13. The Morgan fingerprint density at radius 3 is 2.83 bits per heavy atom. The molecule has 0 aliphatic heterocycles. The van der Waals surface area contributed by atoms with Gasteiger partial charge in [-0.05, 0) is 25.1 Å². The molecular weight excluding hydrogens is 233 g/mol. The van der Waals surface area contributed by atoms with E-state index in [1.54, 1.807) is 18.2 Å². The fourth-order valence-electron chi connectivity index (χ4n) is 1.60. The van der Waals surface area contributed by atoms with Gasteiger partial charge in [-0.2, -0.15) is 0 Å². The van der Waals surface area contributed by atoms with Gasteiger partial charge in [-0.3, -0.25) is 0 Å². The van der Waals surface area contributed by atoms with Crippen LogP contribution in [-0.2, 0) is 6.42 Å². The monoisotopic (exact) mass is 249 g/mol. The number of aromatic nitrogens is 2. The number of rotatable bonds is 6. The van der Waals surface area contributed by atoms with Gasteiger partial charge in [0, 0.05) is 13.0 Å². The number of hydrogen-bond acceptors (Lipinski definition) is 4. The molecule has 1 aromatic heterocycles. The van der Waals surface area contributed by atoms with Crippen molar-refractivity contribution in [1.29, 1.82) is 0 Å². The van der Waals surface area contributed by atoms with Crippen molar-refractivity contribution >= 4 is 0 Å². The number of nitrogens with zero attached hydrogens (tertiary/aromatic N) is 2. The van der Waals surface area contributed by atoms with Crippen LogP contribution in [0.25, 0.3) is 11.5 Å². The molecule has 1 heterocycles. The molecule has 0 aliphatic rings. The largest absolute Gasteiger partial charge is 0.421 e. The maximum Gasteiger partial charge on any atom is 0.250 e. The van der Waals surface area contributed by atoms with E-state index in [2.05, 4.69) is 22.4 Å². The highest BCUT2D eigenvalue weighted by molar-refractivity contribution is 5.53. The lowest BCUT2D eigenvalue weighted by Gasteiger charge is -1.98. The molecule has 0 spiro atoms. The van der Waals surface area contributed by atoms with Crippen molar-refractivity contribution < 1.29 is 8.81 Å². The Bertz CT molecular complexity index is 498. The minimum absolute atomic E-state index is 0.235. The molecule has 1 N–H and O–H groups in total. The average Bonchev–Trinajstić information content (AvgIpc) is 2.84. The number of halogens is 1. The lowest BCUT2D eigenvalue weighted by Crippen LogP contribution is -2.17. The molecule has 18 heavy (non-hydrogen) atoms. The molecule has 4 nitrogen and oxygen atoms in total. The highest BCUT2D eigenvalue weighted by atomic mass is 19.1. The summed E-state index contributed by atoms with van der Waals surface area (Å²) in [7, 11) is 0. The standard InChI is InChI=1S/C13H16FN3O/c1-2-8-15-9-7-12-16-17-13(18-12)10-5-3-4-6-11(10)14/h3-6,15H,2,7-9H2,1H3. The fourth-order valence-corrected chi connectivity index (χ4v) is 1.60. The number of benzene rings is 1. The van der Waals surface area contributed by atoms with Crippen molar-refractivity contribution in [2.45, 2.75) is 19.8 Å². The molecule has 0 unspecified atom stereocenters. The topological polar surface area (TPSA) is 51.0 Å². The van der Waals surface area contributed by atoms with Crippen LogP contribution in [0.15, 0.2) is 28.7 Å². The van der Waals surface area contributed by atoms with Crippen LogP contribution in [0, 0.1) is 5.82 Å². The zero-order chi connectivity index (χ0) is 12.8. The summed E-state index contributed by atoms with van der Waals surface area (Å²) in [6.07, 6.45) is 1.74. The number of nitrogens with one attached hydrogen (secondary N) is 1. The zero-order valence-corrected chi connectivity index (χ0v) is 10.3. The van der Waals surface area contributed by atoms with E-state index in [0.717, 1.165) is 19.5 Å². The lowest BCUT2D eigenvalue weighted by atomic mass is 10.2. The smallest absolute Gasteiger partial charge is 0.250 e. The normalized spacial score (nSPS) is 10.8. The molecule has 96 valence electrons. The zero-order valence-electron chi connectivity index (χ0n) is 10.3. The molecule has 5 heteroatoms. The summed E-state index contributed by atoms with van der Waals surface area (Å²) < 4.78 is 18.9. The van der Waals surface area contributed by atoms with Gasteiger partial charge in [0.2, 0.25) is 5.89 Å². The van der Waals surface area contributed by atoms with Crippen LogP contribution in [0.3, 0.4) is 0 Å². The third-order valence-corrected chi connectivity index (χ3v) is 2.51. The molecule has 0 radical (unpaired) electrons. The van der Waals surface area contributed by atoms with E-state index in [1.165, 1.54) is 6.07 Å². The Hall–Kier alpha value is -1.75. The Kier molecular flexibility index (Phi) is 4.41. The number of hydrogen-bond donors (Lipinski definition) is 1. The Labute approximate surface area is 105 Å². The first-order valence-electron chi connectivity index (χ1n) is 6.09. The molecule has 0 aliphatic carbocycles. The highest BCUT2D eigenvalue weighted by Gasteiger charge is 2.11. The van der Waals surface area contributed by atoms with Gasteiger partial charge in [0.1, 0.15) is 5.82 Å². The predicted molar refractivity (Wildman–Crippen MR) is 66.6 cm³/mol. The van der Waals surface area contributed by atoms with Gasteiger partial charge in [0.15, 0.2) is 0 Å². The Morgan fingerprint density at radius 1 is 1.22 bits per heavy atom. The summed E-state index contributed by atoms with van der Waals surface area (Å²) in [4.78, 5) is 0. The van der Waals surface area contributed by atoms with Crippen molar-refractivity contribution in [2.24, 2.45) is 0 Å². The average molecular weight is 249 g/mol. The van der Waals surface area contributed by atoms with Crippen molar-refractivity contribution in [2.75, 3.05) is 13.1 Å². The van der Waals surface area contributed by atoms with Crippen LogP contribution in [0.1, 0.15) is 19.2 Å². The van der Waals surface area contributed by atoms with Gasteiger partial charge in [-0.1, -0.05) is 19.1 Å². The van der Waals surface area contributed by atoms with Gasteiger partial charge in [0.05, 0.1) is 5.56 Å². The molecule has 1 aromatic carbocycles. The molecule has 0 amide bonds. The van der Waals surface area contributed by atoms with Crippen LogP contribution in [0.2, 0.25) is 0 Å². The van der Waals surface area contributed by atoms with Crippen LogP contribution >= 0.6 is 0 Å². The van der Waals surface area contributed by atoms with E-state index in [1.807, 2.05) is 0 Å². The van der Waals surface area contributed by atoms with E-state index >= 15 is 0 Å². The molecular formula is C13H16FN3O. The molecule has 0 bridgehead atoms. The summed E-state index contributed by atoms with van der Waals surface area (Å²) in [5.74, 6) is 0.409. The predicted octanol–water partition coefficient (Wildman–Crippen LogP) is 2.42. The lowest BCUT2D eigenvalue weighted by molar-refractivity contribution is 0.491. The summed E-state index contributed by atoms with van der Waals surface area (Å²) in [6, 6.07) is 6.37. The second kappa shape index (κ2) is 6.26. The summed E-state index contributed by atoms with van der Waals surface area (Å²) >= 11 is 0. The van der Waals surface area contributed by atoms with Crippen molar-refractivity contribution in [3.05, 3.63) is 36.0 Å². The first-order valence-corrected chi connectivity index (χ1v) is 6.09. The van der Waals surface area contributed by atoms with E-state index in [9.17, 15) is 4.39 Å². The molecule has 0 saturated carbocycles. The summed E-state index contributed by atoms with van der Waals surface area (Å²) in [5, 5.41) is 11.0. The minimum atomic E-state index is -0.350. The quantitative estimate of drug-likeness (QED) is 0.799. The Morgan fingerprint density at radius 2 is 2.06 bits per heavy atom. The van der Waals surface area contributed by atoms with Crippen molar-refractivity contribution in [1.82, 2.24) is 15.5 Å². The van der Waals surface area contributed by atoms with Gasteiger partial charge >= 0.3 is 0 Å².